The van der Waals surface area contributed by atoms with Crippen molar-refractivity contribution in [2.24, 2.45) is 0 Å². The fourth-order valence-corrected chi connectivity index (χ4v) is 4.68. The molecule has 0 radical (unpaired) electrons. The number of carbonyl (C=O) groups is 1. The highest BCUT2D eigenvalue weighted by molar-refractivity contribution is 7.92. The van der Waals surface area contributed by atoms with Crippen LogP contribution in [0.1, 0.15) is 15.9 Å². The van der Waals surface area contributed by atoms with Crippen LogP contribution < -0.4 is 9.62 Å². The Hall–Kier alpha value is -3.61. The lowest BCUT2D eigenvalue weighted by Crippen LogP contribution is -2.29. The number of hydrogen-bond donors (Lipinski definition) is 1. The first-order chi connectivity index (χ1) is 16.3. The summed E-state index contributed by atoms with van der Waals surface area (Å²) in [5.41, 5.74) is 4.35. The van der Waals surface area contributed by atoms with E-state index in [2.05, 4.69) is 5.32 Å². The number of anilines is 2. The summed E-state index contributed by atoms with van der Waals surface area (Å²) in [4.78, 5) is 12.9. The van der Waals surface area contributed by atoms with E-state index in [0.29, 0.717) is 22.0 Å². The summed E-state index contributed by atoms with van der Waals surface area (Å²) in [6, 6.07) is 31.0. The molecule has 5 nitrogen and oxygen atoms in total. The Morgan fingerprint density at radius 3 is 2.21 bits per heavy atom. The van der Waals surface area contributed by atoms with E-state index in [-0.39, 0.29) is 12.5 Å². The van der Waals surface area contributed by atoms with Gasteiger partial charge in [0.25, 0.3) is 5.91 Å². The fraction of sp³-hybridized carbons (Fsp3) is 0.0741. The Balaban J connectivity index is 1.53. The molecule has 0 heterocycles. The first kappa shape index (κ1) is 23.5. The molecule has 4 aromatic carbocycles. The number of nitrogens with zero attached hydrogens (tertiary/aromatic N) is 1. The molecular weight excluding hydrogens is 468 g/mol. The van der Waals surface area contributed by atoms with Gasteiger partial charge in [-0.15, -0.1) is 0 Å². The third-order valence-electron chi connectivity index (χ3n) is 5.30. The van der Waals surface area contributed by atoms with Crippen molar-refractivity contribution in [2.75, 3.05) is 15.9 Å². The van der Waals surface area contributed by atoms with Crippen molar-refractivity contribution in [3.63, 3.8) is 0 Å². The van der Waals surface area contributed by atoms with Crippen LogP contribution in [0.5, 0.6) is 0 Å². The summed E-state index contributed by atoms with van der Waals surface area (Å²) < 4.78 is 26.1. The van der Waals surface area contributed by atoms with E-state index in [1.54, 1.807) is 48.5 Å². The van der Waals surface area contributed by atoms with E-state index in [4.69, 9.17) is 11.6 Å². The molecule has 0 bridgehead atoms. The molecule has 0 fully saturated rings. The molecule has 4 aromatic rings. The average Bonchev–Trinajstić information content (AvgIpc) is 2.83. The van der Waals surface area contributed by atoms with Crippen molar-refractivity contribution in [3.8, 4) is 11.1 Å². The van der Waals surface area contributed by atoms with Gasteiger partial charge in [-0.05, 0) is 47.5 Å². The van der Waals surface area contributed by atoms with Gasteiger partial charge in [0.05, 0.1) is 18.5 Å². The van der Waals surface area contributed by atoms with Crippen molar-refractivity contribution >= 4 is 38.9 Å². The number of para-hydroxylation sites is 1. The van der Waals surface area contributed by atoms with Crippen LogP contribution in [0.25, 0.3) is 11.1 Å². The zero-order valence-corrected chi connectivity index (χ0v) is 20.1. The lowest BCUT2D eigenvalue weighted by molar-refractivity contribution is 0.102. The van der Waals surface area contributed by atoms with Crippen LogP contribution in [-0.2, 0) is 16.6 Å². The number of sulfonamides is 1. The minimum Gasteiger partial charge on any atom is -0.321 e. The van der Waals surface area contributed by atoms with Gasteiger partial charge < -0.3 is 5.32 Å². The Morgan fingerprint density at radius 1 is 0.853 bits per heavy atom. The summed E-state index contributed by atoms with van der Waals surface area (Å²) in [6.45, 7) is 0.123. The zero-order chi connectivity index (χ0) is 24.1. The molecule has 0 saturated heterocycles. The van der Waals surface area contributed by atoms with Crippen LogP contribution >= 0.6 is 11.6 Å². The first-order valence-corrected chi connectivity index (χ1v) is 12.8. The van der Waals surface area contributed by atoms with Gasteiger partial charge in [-0.25, -0.2) is 8.42 Å². The van der Waals surface area contributed by atoms with E-state index < -0.39 is 10.0 Å². The highest BCUT2D eigenvalue weighted by atomic mass is 35.5. The molecule has 0 aliphatic carbocycles. The number of amides is 1. The largest absolute Gasteiger partial charge is 0.321 e. The molecule has 0 spiro atoms. The molecule has 34 heavy (non-hydrogen) atoms. The molecule has 0 unspecified atom stereocenters. The maximum absolute atomic E-state index is 12.9. The smallest absolute Gasteiger partial charge is 0.255 e. The number of halogens is 1. The van der Waals surface area contributed by atoms with Gasteiger partial charge in [0.2, 0.25) is 10.0 Å². The van der Waals surface area contributed by atoms with Gasteiger partial charge in [0.15, 0.2) is 0 Å². The standard InChI is InChI=1S/C27H23ClN2O3S/c1-34(32,33)30(24-11-7-10-23(28)18-24)19-20-14-16-22(17-15-20)27(31)29-26-13-6-5-12-25(26)21-8-3-2-4-9-21/h2-18H,19H2,1H3,(H,29,31). The molecule has 0 aliphatic heterocycles. The number of nitrogens with one attached hydrogen (secondary N) is 1. The fourth-order valence-electron chi connectivity index (χ4n) is 3.61. The second kappa shape index (κ2) is 10.1. The van der Waals surface area contributed by atoms with E-state index >= 15 is 0 Å². The number of hydrogen-bond acceptors (Lipinski definition) is 3. The zero-order valence-electron chi connectivity index (χ0n) is 18.5. The molecule has 0 aromatic heterocycles. The number of rotatable bonds is 7. The second-order valence-electron chi connectivity index (χ2n) is 7.81. The molecule has 4 rings (SSSR count). The van der Waals surface area contributed by atoms with Crippen LogP contribution in [0.15, 0.2) is 103 Å². The SMILES string of the molecule is CS(=O)(=O)N(Cc1ccc(C(=O)Nc2ccccc2-c2ccccc2)cc1)c1cccc(Cl)c1. The molecule has 172 valence electrons. The minimum atomic E-state index is -3.54. The van der Waals surface area contributed by atoms with Gasteiger partial charge in [-0.2, -0.15) is 0 Å². The van der Waals surface area contributed by atoms with Crippen molar-refractivity contribution in [3.05, 3.63) is 119 Å². The predicted molar refractivity (Wildman–Crippen MR) is 139 cm³/mol. The van der Waals surface area contributed by atoms with Crippen molar-refractivity contribution in [1.29, 1.82) is 0 Å². The minimum absolute atomic E-state index is 0.123. The summed E-state index contributed by atoms with van der Waals surface area (Å²) in [5, 5.41) is 3.43. The monoisotopic (exact) mass is 490 g/mol. The number of benzene rings is 4. The number of carbonyl (C=O) groups excluding carboxylic acids is 1. The van der Waals surface area contributed by atoms with Crippen LogP contribution in [0.2, 0.25) is 5.02 Å². The van der Waals surface area contributed by atoms with Gasteiger partial charge in [-0.1, -0.05) is 78.3 Å². The van der Waals surface area contributed by atoms with Crippen molar-refractivity contribution < 1.29 is 13.2 Å². The van der Waals surface area contributed by atoms with Gasteiger partial charge in [0.1, 0.15) is 0 Å². The summed E-state index contributed by atoms with van der Waals surface area (Å²) >= 11 is 6.05. The van der Waals surface area contributed by atoms with E-state index in [9.17, 15) is 13.2 Å². The van der Waals surface area contributed by atoms with Gasteiger partial charge in [-0.3, -0.25) is 9.10 Å². The van der Waals surface area contributed by atoms with Gasteiger partial charge in [0, 0.05) is 21.8 Å². The lowest BCUT2D eigenvalue weighted by atomic mass is 10.0. The van der Waals surface area contributed by atoms with E-state index in [1.165, 1.54) is 4.31 Å². The molecule has 0 aliphatic rings. The highest BCUT2D eigenvalue weighted by Crippen LogP contribution is 2.28. The van der Waals surface area contributed by atoms with E-state index in [1.807, 2.05) is 54.6 Å². The molecular formula is C27H23ClN2O3S. The van der Waals surface area contributed by atoms with Crippen molar-refractivity contribution in [2.45, 2.75) is 6.54 Å². The topological polar surface area (TPSA) is 66.5 Å². The predicted octanol–water partition coefficient (Wildman–Crippen LogP) is 6.23. The first-order valence-electron chi connectivity index (χ1n) is 10.6. The summed E-state index contributed by atoms with van der Waals surface area (Å²) in [7, 11) is -3.54. The van der Waals surface area contributed by atoms with Gasteiger partial charge >= 0.3 is 0 Å². The molecule has 0 saturated carbocycles. The van der Waals surface area contributed by atoms with Crippen molar-refractivity contribution in [1.82, 2.24) is 0 Å². The maximum atomic E-state index is 12.9. The van der Waals surface area contributed by atoms with Crippen LogP contribution in [0.3, 0.4) is 0 Å². The molecule has 1 amide bonds. The maximum Gasteiger partial charge on any atom is 0.255 e. The third-order valence-corrected chi connectivity index (χ3v) is 6.67. The Morgan fingerprint density at radius 2 is 1.53 bits per heavy atom. The molecule has 1 N–H and O–H groups in total. The molecule has 0 atom stereocenters. The Bertz CT molecular complexity index is 1410. The average molecular weight is 491 g/mol. The molecule has 7 heteroatoms. The third kappa shape index (κ3) is 5.65. The normalized spacial score (nSPS) is 11.1. The highest BCUT2D eigenvalue weighted by Gasteiger charge is 2.18. The van der Waals surface area contributed by atoms with Crippen LogP contribution in [-0.4, -0.2) is 20.6 Å². The van der Waals surface area contributed by atoms with Crippen LogP contribution in [0, 0.1) is 0 Å². The Labute approximate surface area is 204 Å². The lowest BCUT2D eigenvalue weighted by Gasteiger charge is -2.23. The quantitative estimate of drug-likeness (QED) is 0.334. The summed E-state index contributed by atoms with van der Waals surface area (Å²) in [6.07, 6.45) is 1.15. The van der Waals surface area contributed by atoms with Crippen LogP contribution in [0.4, 0.5) is 11.4 Å². The summed E-state index contributed by atoms with van der Waals surface area (Å²) in [5.74, 6) is -0.246. The second-order valence-corrected chi connectivity index (χ2v) is 10.2. The Kier molecular flexibility index (Phi) is 7.01. The van der Waals surface area contributed by atoms with E-state index in [0.717, 1.165) is 22.9 Å².